The van der Waals surface area contributed by atoms with Crippen molar-refractivity contribution in [3.63, 3.8) is 0 Å². The van der Waals surface area contributed by atoms with Crippen LogP contribution in [-0.2, 0) is 0 Å². The maximum Gasteiger partial charge on any atom is 0.168 e. The fourth-order valence-electron chi connectivity index (χ4n) is 1.16. The molecule has 0 heterocycles. The van der Waals surface area contributed by atoms with Crippen molar-refractivity contribution in [2.45, 2.75) is 20.8 Å². The molecule has 0 bridgehead atoms. The fraction of sp³-hybridized carbons (Fsp3) is 0.333. The van der Waals surface area contributed by atoms with Gasteiger partial charge < -0.3 is 0 Å². The molecule has 2 nitrogen and oxygen atoms in total. The minimum absolute atomic E-state index is 0.0644. The summed E-state index contributed by atoms with van der Waals surface area (Å²) in [6.45, 7) is 5.61. The average Bonchev–Trinajstić information content (AvgIpc) is 2.15. The summed E-state index contributed by atoms with van der Waals surface area (Å²) in [5, 5.41) is 8.69. The van der Waals surface area contributed by atoms with E-state index in [-0.39, 0.29) is 5.78 Å². The van der Waals surface area contributed by atoms with Gasteiger partial charge in [0, 0.05) is 11.0 Å². The molecule has 0 aliphatic heterocycles. The van der Waals surface area contributed by atoms with Gasteiger partial charge in [0.2, 0.25) is 0 Å². The van der Waals surface area contributed by atoms with Crippen LogP contribution in [0.2, 0.25) is 0 Å². The molecule has 0 saturated heterocycles. The SMILES string of the molecule is CC(C)(C)C(=O)c1cccc(C#N)c1. The number of ketones is 1. The molecule has 0 radical (unpaired) electrons. The summed E-state index contributed by atoms with van der Waals surface area (Å²) in [5.74, 6) is 0.0644. The van der Waals surface area contributed by atoms with E-state index in [1.165, 1.54) is 0 Å². The minimum atomic E-state index is -0.395. The van der Waals surface area contributed by atoms with Crippen molar-refractivity contribution in [3.8, 4) is 6.07 Å². The van der Waals surface area contributed by atoms with Crippen LogP contribution in [0.25, 0.3) is 0 Å². The number of Topliss-reactive ketones (excluding diaryl/α,β-unsaturated/α-hetero) is 1. The smallest absolute Gasteiger partial charge is 0.168 e. The van der Waals surface area contributed by atoms with Gasteiger partial charge in [-0.2, -0.15) is 5.26 Å². The number of nitriles is 1. The Balaban J connectivity index is 3.10. The molecule has 0 saturated carbocycles. The lowest BCUT2D eigenvalue weighted by Gasteiger charge is -2.16. The van der Waals surface area contributed by atoms with Gasteiger partial charge >= 0.3 is 0 Å². The predicted octanol–water partition coefficient (Wildman–Crippen LogP) is 2.79. The first kappa shape index (κ1) is 10.5. The monoisotopic (exact) mass is 187 g/mol. The van der Waals surface area contributed by atoms with E-state index in [1.54, 1.807) is 24.3 Å². The Bertz CT molecular complexity index is 394. The Kier molecular flexibility index (Phi) is 2.71. The number of hydrogen-bond acceptors (Lipinski definition) is 2. The zero-order chi connectivity index (χ0) is 10.8. The second-order valence-corrected chi connectivity index (χ2v) is 4.27. The molecule has 1 rings (SSSR count). The van der Waals surface area contributed by atoms with Gasteiger partial charge in [0.1, 0.15) is 0 Å². The molecule has 0 N–H and O–H groups in total. The van der Waals surface area contributed by atoms with Crippen molar-refractivity contribution in [2.24, 2.45) is 5.41 Å². The van der Waals surface area contributed by atoms with Crippen LogP contribution in [0.3, 0.4) is 0 Å². The Labute approximate surface area is 84.2 Å². The van der Waals surface area contributed by atoms with Crippen LogP contribution >= 0.6 is 0 Å². The maximum atomic E-state index is 11.8. The molecule has 0 aliphatic rings. The predicted molar refractivity (Wildman–Crippen MR) is 54.9 cm³/mol. The summed E-state index contributed by atoms with van der Waals surface area (Å²) in [7, 11) is 0. The van der Waals surface area contributed by atoms with Crippen LogP contribution in [0.1, 0.15) is 36.7 Å². The minimum Gasteiger partial charge on any atom is -0.294 e. The molecular formula is C12H13NO. The van der Waals surface area contributed by atoms with Gasteiger partial charge in [-0.15, -0.1) is 0 Å². The number of carbonyl (C=O) groups excluding carboxylic acids is 1. The second-order valence-electron chi connectivity index (χ2n) is 4.27. The van der Waals surface area contributed by atoms with Crippen molar-refractivity contribution in [3.05, 3.63) is 35.4 Å². The topological polar surface area (TPSA) is 40.9 Å². The van der Waals surface area contributed by atoms with Gasteiger partial charge in [-0.05, 0) is 12.1 Å². The summed E-state index contributed by atoms with van der Waals surface area (Å²) in [6.07, 6.45) is 0. The van der Waals surface area contributed by atoms with Crippen LogP contribution in [0.5, 0.6) is 0 Å². The Morgan fingerprint density at radius 3 is 2.50 bits per heavy atom. The first-order valence-corrected chi connectivity index (χ1v) is 4.50. The van der Waals surface area contributed by atoms with Gasteiger partial charge in [-0.25, -0.2) is 0 Å². The van der Waals surface area contributed by atoms with Crippen LogP contribution in [-0.4, -0.2) is 5.78 Å². The number of nitrogens with zero attached hydrogens (tertiary/aromatic N) is 1. The van der Waals surface area contributed by atoms with E-state index in [0.29, 0.717) is 11.1 Å². The molecule has 1 aromatic rings. The molecule has 0 aliphatic carbocycles. The van der Waals surface area contributed by atoms with E-state index in [1.807, 2.05) is 26.8 Å². The summed E-state index contributed by atoms with van der Waals surface area (Å²) < 4.78 is 0. The van der Waals surface area contributed by atoms with E-state index in [4.69, 9.17) is 5.26 Å². The van der Waals surface area contributed by atoms with Crippen LogP contribution in [0.4, 0.5) is 0 Å². The number of hydrogen-bond donors (Lipinski definition) is 0. The molecular weight excluding hydrogens is 174 g/mol. The van der Waals surface area contributed by atoms with Crippen molar-refractivity contribution in [2.75, 3.05) is 0 Å². The number of carbonyl (C=O) groups is 1. The highest BCUT2D eigenvalue weighted by Crippen LogP contribution is 2.20. The van der Waals surface area contributed by atoms with Crippen molar-refractivity contribution in [1.82, 2.24) is 0 Å². The van der Waals surface area contributed by atoms with E-state index >= 15 is 0 Å². The Hall–Kier alpha value is -1.62. The quantitative estimate of drug-likeness (QED) is 0.634. The van der Waals surface area contributed by atoms with Gasteiger partial charge in [-0.3, -0.25) is 4.79 Å². The Morgan fingerprint density at radius 2 is 2.00 bits per heavy atom. The summed E-state index contributed by atoms with van der Waals surface area (Å²) in [5.41, 5.74) is 0.741. The highest BCUT2D eigenvalue weighted by atomic mass is 16.1. The average molecular weight is 187 g/mol. The zero-order valence-electron chi connectivity index (χ0n) is 8.66. The third kappa shape index (κ3) is 2.20. The van der Waals surface area contributed by atoms with E-state index < -0.39 is 5.41 Å². The largest absolute Gasteiger partial charge is 0.294 e. The normalized spacial score (nSPS) is 10.7. The molecule has 0 fully saturated rings. The molecule has 1 aromatic carbocycles. The van der Waals surface area contributed by atoms with Crippen molar-refractivity contribution in [1.29, 1.82) is 5.26 Å². The van der Waals surface area contributed by atoms with Crippen molar-refractivity contribution >= 4 is 5.78 Å². The molecule has 0 aromatic heterocycles. The molecule has 14 heavy (non-hydrogen) atoms. The maximum absolute atomic E-state index is 11.8. The van der Waals surface area contributed by atoms with Crippen LogP contribution in [0, 0.1) is 16.7 Å². The van der Waals surface area contributed by atoms with Crippen molar-refractivity contribution < 1.29 is 4.79 Å². The molecule has 0 amide bonds. The molecule has 2 heteroatoms. The molecule has 0 unspecified atom stereocenters. The third-order valence-corrected chi connectivity index (χ3v) is 1.94. The van der Waals surface area contributed by atoms with Gasteiger partial charge in [0.25, 0.3) is 0 Å². The Morgan fingerprint density at radius 1 is 1.36 bits per heavy atom. The summed E-state index contributed by atoms with van der Waals surface area (Å²) in [4.78, 5) is 11.8. The fourth-order valence-corrected chi connectivity index (χ4v) is 1.16. The van der Waals surface area contributed by atoms with E-state index in [2.05, 4.69) is 0 Å². The third-order valence-electron chi connectivity index (χ3n) is 1.94. The highest BCUT2D eigenvalue weighted by Gasteiger charge is 2.22. The first-order chi connectivity index (χ1) is 6.45. The lowest BCUT2D eigenvalue weighted by molar-refractivity contribution is 0.0858. The second kappa shape index (κ2) is 3.63. The van der Waals surface area contributed by atoms with Crippen LogP contribution < -0.4 is 0 Å². The highest BCUT2D eigenvalue weighted by molar-refractivity contribution is 6.00. The standard InChI is InChI=1S/C12H13NO/c1-12(2,3)11(14)10-6-4-5-9(7-10)8-13/h4-7H,1-3H3. The molecule has 0 spiro atoms. The lowest BCUT2D eigenvalue weighted by Crippen LogP contribution is -2.20. The summed E-state index contributed by atoms with van der Waals surface area (Å²) in [6, 6.07) is 8.83. The number of rotatable bonds is 1. The van der Waals surface area contributed by atoms with Gasteiger partial charge in [0.15, 0.2) is 5.78 Å². The number of benzene rings is 1. The molecule has 0 atom stereocenters. The summed E-state index contributed by atoms with van der Waals surface area (Å²) >= 11 is 0. The lowest BCUT2D eigenvalue weighted by atomic mass is 9.86. The molecule has 72 valence electrons. The van der Waals surface area contributed by atoms with Gasteiger partial charge in [0.05, 0.1) is 11.6 Å². The van der Waals surface area contributed by atoms with Gasteiger partial charge in [-0.1, -0.05) is 32.9 Å². The van der Waals surface area contributed by atoms with Crippen LogP contribution in [0.15, 0.2) is 24.3 Å². The zero-order valence-corrected chi connectivity index (χ0v) is 8.66. The van der Waals surface area contributed by atoms with E-state index in [0.717, 1.165) is 0 Å². The van der Waals surface area contributed by atoms with E-state index in [9.17, 15) is 4.79 Å². The first-order valence-electron chi connectivity index (χ1n) is 4.50.